The summed E-state index contributed by atoms with van der Waals surface area (Å²) < 4.78 is 10.8. The molecule has 2 aromatic carbocycles. The highest BCUT2D eigenvalue weighted by atomic mass is 16.7. The van der Waals surface area contributed by atoms with Gasteiger partial charge in [-0.05, 0) is 17.5 Å². The number of hydrogen-bond acceptors (Lipinski definition) is 3. The Morgan fingerprint density at radius 3 is 2.11 bits per heavy atom. The number of phenolic OH excluding ortho intramolecular Hbond substituents is 1. The topological polar surface area (TPSA) is 47.6 Å². The van der Waals surface area contributed by atoms with Crippen LogP contribution in [-0.4, -0.2) is 38.1 Å². The highest BCUT2D eigenvalue weighted by Gasteiger charge is 2.25. The molecule has 2 aliphatic rings. The van der Waals surface area contributed by atoms with Crippen molar-refractivity contribution in [3.05, 3.63) is 53.1 Å². The zero-order valence-electron chi connectivity index (χ0n) is 16.3. The average Bonchev–Trinajstić information content (AvgIpc) is 3.11. The van der Waals surface area contributed by atoms with Gasteiger partial charge in [0.15, 0.2) is 11.5 Å². The van der Waals surface area contributed by atoms with Crippen LogP contribution < -0.4 is 19.3 Å². The molecule has 1 fully saturated rings. The molecular formula is C22H30N2O3+2. The number of nitrogens with one attached hydrogen (secondary N) is 2. The Labute approximate surface area is 161 Å². The van der Waals surface area contributed by atoms with Gasteiger partial charge in [0, 0.05) is 11.6 Å². The van der Waals surface area contributed by atoms with Crippen molar-refractivity contribution in [3.8, 4) is 17.2 Å². The van der Waals surface area contributed by atoms with Gasteiger partial charge in [-0.15, -0.1) is 0 Å². The number of quaternary nitrogens is 2. The van der Waals surface area contributed by atoms with Crippen molar-refractivity contribution in [2.45, 2.75) is 32.9 Å². The summed E-state index contributed by atoms with van der Waals surface area (Å²) in [6.45, 7) is 11.2. The molecule has 5 nitrogen and oxygen atoms in total. The van der Waals surface area contributed by atoms with Crippen LogP contribution in [0.2, 0.25) is 0 Å². The summed E-state index contributed by atoms with van der Waals surface area (Å²) in [4.78, 5) is 3.16. The van der Waals surface area contributed by atoms with Crippen LogP contribution in [0.1, 0.15) is 36.5 Å². The summed E-state index contributed by atoms with van der Waals surface area (Å²) in [6, 6.07) is 12.7. The SMILES string of the molecule is CC(C)c1ccc(C[NH+]2CC[NH+](Cc3cc4c(cc3O)OCO4)CC2)cc1. The quantitative estimate of drug-likeness (QED) is 0.727. The van der Waals surface area contributed by atoms with E-state index in [0.717, 1.165) is 50.6 Å². The maximum atomic E-state index is 10.3. The highest BCUT2D eigenvalue weighted by Crippen LogP contribution is 2.37. The molecule has 0 bridgehead atoms. The monoisotopic (exact) mass is 370 g/mol. The molecule has 2 heterocycles. The van der Waals surface area contributed by atoms with Crippen LogP contribution >= 0.6 is 0 Å². The molecule has 4 rings (SSSR count). The minimum atomic E-state index is 0.241. The maximum absolute atomic E-state index is 10.3. The Balaban J connectivity index is 1.30. The fourth-order valence-corrected chi connectivity index (χ4v) is 4.00. The smallest absolute Gasteiger partial charge is 0.231 e. The number of ether oxygens (including phenoxy) is 2. The number of benzene rings is 2. The van der Waals surface area contributed by atoms with Crippen molar-refractivity contribution in [1.82, 2.24) is 0 Å². The van der Waals surface area contributed by atoms with Gasteiger partial charge in [0.1, 0.15) is 45.0 Å². The van der Waals surface area contributed by atoms with E-state index < -0.39 is 0 Å². The van der Waals surface area contributed by atoms with Crippen molar-refractivity contribution >= 4 is 0 Å². The first-order valence-electron chi connectivity index (χ1n) is 9.96. The van der Waals surface area contributed by atoms with Gasteiger partial charge in [-0.1, -0.05) is 38.1 Å². The molecule has 0 amide bonds. The molecule has 2 aromatic rings. The third-order valence-corrected chi connectivity index (χ3v) is 5.78. The molecule has 2 aliphatic heterocycles. The first-order chi connectivity index (χ1) is 13.1. The summed E-state index contributed by atoms with van der Waals surface area (Å²) >= 11 is 0. The van der Waals surface area contributed by atoms with Crippen LogP contribution in [0.3, 0.4) is 0 Å². The van der Waals surface area contributed by atoms with Gasteiger partial charge in [-0.2, -0.15) is 0 Å². The second kappa shape index (κ2) is 7.79. The van der Waals surface area contributed by atoms with E-state index in [1.165, 1.54) is 16.0 Å². The minimum Gasteiger partial charge on any atom is -0.507 e. The normalized spacial score (nSPS) is 21.6. The Hall–Kier alpha value is -2.24. The standard InChI is InChI=1S/C22H28N2O3/c1-16(2)18-5-3-17(4-6-18)13-23-7-9-24(10-8-23)14-19-11-21-22(12-20(19)25)27-15-26-21/h3-6,11-12,16,25H,7-10,13-15H2,1-2H3/p+2. The highest BCUT2D eigenvalue weighted by molar-refractivity contribution is 5.50. The van der Waals surface area contributed by atoms with Gasteiger partial charge >= 0.3 is 0 Å². The molecule has 3 N–H and O–H groups in total. The molecule has 0 atom stereocenters. The van der Waals surface area contributed by atoms with Gasteiger partial charge in [0.2, 0.25) is 6.79 Å². The lowest BCUT2D eigenvalue weighted by Crippen LogP contribution is -3.27. The molecule has 144 valence electrons. The van der Waals surface area contributed by atoms with E-state index in [2.05, 4.69) is 38.1 Å². The average molecular weight is 370 g/mol. The fraction of sp³-hybridized carbons (Fsp3) is 0.455. The first kappa shape index (κ1) is 18.1. The molecule has 0 aliphatic carbocycles. The molecule has 27 heavy (non-hydrogen) atoms. The van der Waals surface area contributed by atoms with Crippen LogP contribution in [-0.2, 0) is 13.1 Å². The van der Waals surface area contributed by atoms with Crippen LogP contribution in [0.25, 0.3) is 0 Å². The third kappa shape index (κ3) is 4.20. The second-order valence-electron chi connectivity index (χ2n) is 8.08. The zero-order chi connectivity index (χ0) is 18.8. The molecule has 5 heteroatoms. The van der Waals surface area contributed by atoms with Gasteiger partial charge in [0.05, 0.1) is 5.56 Å². The molecule has 0 saturated carbocycles. The lowest BCUT2D eigenvalue weighted by Gasteiger charge is -2.30. The molecule has 1 saturated heterocycles. The lowest BCUT2D eigenvalue weighted by atomic mass is 10.0. The van der Waals surface area contributed by atoms with E-state index in [0.29, 0.717) is 17.4 Å². The summed E-state index contributed by atoms with van der Waals surface area (Å²) in [5, 5.41) is 10.3. The number of hydrogen-bond donors (Lipinski definition) is 3. The van der Waals surface area contributed by atoms with Crippen LogP contribution in [0.15, 0.2) is 36.4 Å². The van der Waals surface area contributed by atoms with Gasteiger partial charge in [-0.25, -0.2) is 0 Å². The van der Waals surface area contributed by atoms with E-state index in [-0.39, 0.29) is 6.79 Å². The van der Waals surface area contributed by atoms with E-state index in [1.54, 1.807) is 11.0 Å². The number of piperazine rings is 1. The Morgan fingerprint density at radius 1 is 0.889 bits per heavy atom. The fourth-order valence-electron chi connectivity index (χ4n) is 4.00. The first-order valence-corrected chi connectivity index (χ1v) is 9.96. The summed E-state index contributed by atoms with van der Waals surface area (Å²) in [5.41, 5.74) is 3.78. The third-order valence-electron chi connectivity index (χ3n) is 5.78. The molecule has 0 radical (unpaired) electrons. The van der Waals surface area contributed by atoms with E-state index in [1.807, 2.05) is 6.07 Å². The predicted molar refractivity (Wildman–Crippen MR) is 104 cm³/mol. The number of fused-ring (bicyclic) bond motifs is 1. The Bertz CT molecular complexity index is 781. The van der Waals surface area contributed by atoms with Crippen molar-refractivity contribution in [1.29, 1.82) is 0 Å². The summed E-state index contributed by atoms with van der Waals surface area (Å²) in [7, 11) is 0. The Morgan fingerprint density at radius 2 is 1.48 bits per heavy atom. The van der Waals surface area contributed by atoms with E-state index >= 15 is 0 Å². The van der Waals surface area contributed by atoms with Crippen molar-refractivity contribution < 1.29 is 24.4 Å². The van der Waals surface area contributed by atoms with Gasteiger partial charge < -0.3 is 24.4 Å². The van der Waals surface area contributed by atoms with Crippen molar-refractivity contribution in [2.24, 2.45) is 0 Å². The minimum absolute atomic E-state index is 0.241. The zero-order valence-corrected chi connectivity index (χ0v) is 16.3. The predicted octanol–water partition coefficient (Wildman–Crippen LogP) is 0.728. The van der Waals surface area contributed by atoms with E-state index in [9.17, 15) is 5.11 Å². The van der Waals surface area contributed by atoms with Crippen LogP contribution in [0, 0.1) is 0 Å². The number of aromatic hydroxyl groups is 1. The maximum Gasteiger partial charge on any atom is 0.231 e. The number of phenols is 1. The lowest BCUT2D eigenvalue weighted by molar-refractivity contribution is -1.02. The van der Waals surface area contributed by atoms with Gasteiger partial charge in [0.25, 0.3) is 0 Å². The van der Waals surface area contributed by atoms with Crippen molar-refractivity contribution in [2.75, 3.05) is 33.0 Å². The van der Waals surface area contributed by atoms with Crippen LogP contribution in [0.5, 0.6) is 17.2 Å². The molecule has 0 aromatic heterocycles. The number of rotatable bonds is 5. The van der Waals surface area contributed by atoms with Crippen molar-refractivity contribution in [3.63, 3.8) is 0 Å². The molecular weight excluding hydrogens is 340 g/mol. The molecule has 0 unspecified atom stereocenters. The van der Waals surface area contributed by atoms with E-state index in [4.69, 9.17) is 9.47 Å². The second-order valence-corrected chi connectivity index (χ2v) is 8.08. The van der Waals surface area contributed by atoms with Gasteiger partial charge in [-0.3, -0.25) is 0 Å². The largest absolute Gasteiger partial charge is 0.507 e. The Kier molecular flexibility index (Phi) is 5.23. The summed E-state index contributed by atoms with van der Waals surface area (Å²) in [5.74, 6) is 2.29. The summed E-state index contributed by atoms with van der Waals surface area (Å²) in [6.07, 6.45) is 0. The molecule has 0 spiro atoms. The van der Waals surface area contributed by atoms with Crippen LogP contribution in [0.4, 0.5) is 0 Å².